The maximum absolute atomic E-state index is 12.2. The number of fused-ring (bicyclic) bond motifs is 1. The Morgan fingerprint density at radius 2 is 1.96 bits per heavy atom. The van der Waals surface area contributed by atoms with E-state index in [9.17, 15) is 9.59 Å². The summed E-state index contributed by atoms with van der Waals surface area (Å²) in [5, 5.41) is 9.85. The molecule has 0 radical (unpaired) electrons. The van der Waals surface area contributed by atoms with Gasteiger partial charge in [-0.1, -0.05) is 19.1 Å². The Hall–Kier alpha value is -3.59. The zero-order valence-corrected chi connectivity index (χ0v) is 14.9. The Labute approximate surface area is 155 Å². The van der Waals surface area contributed by atoms with E-state index in [4.69, 9.17) is 19.2 Å². The molecule has 0 N–H and O–H groups in total. The first kappa shape index (κ1) is 18.2. The normalized spacial score (nSPS) is 10.4. The van der Waals surface area contributed by atoms with Gasteiger partial charge in [0.05, 0.1) is 5.56 Å². The van der Waals surface area contributed by atoms with Crippen LogP contribution in [0.3, 0.4) is 0 Å². The number of aryl methyl sites for hydroxylation is 2. The van der Waals surface area contributed by atoms with Gasteiger partial charge in [-0.15, -0.1) is 0 Å². The molecule has 136 valence electrons. The smallest absolute Gasteiger partial charge is 0.349 e. The number of esters is 1. The van der Waals surface area contributed by atoms with Crippen LogP contribution in [-0.2, 0) is 11.2 Å². The minimum Gasteiger partial charge on any atom is -0.481 e. The number of carbonyl (C=O) groups excluding carboxylic acids is 1. The molecule has 0 aliphatic heterocycles. The molecule has 1 aromatic heterocycles. The number of rotatable bonds is 5. The van der Waals surface area contributed by atoms with E-state index in [0.29, 0.717) is 29.1 Å². The van der Waals surface area contributed by atoms with Gasteiger partial charge in [-0.3, -0.25) is 0 Å². The van der Waals surface area contributed by atoms with E-state index in [1.807, 2.05) is 26.0 Å². The summed E-state index contributed by atoms with van der Waals surface area (Å²) in [6.45, 7) is 3.41. The first-order valence-electron chi connectivity index (χ1n) is 8.41. The van der Waals surface area contributed by atoms with Crippen molar-refractivity contribution in [3.63, 3.8) is 0 Å². The topological polar surface area (TPSA) is 89.5 Å². The fraction of sp³-hybridized carbons (Fsp3) is 0.190. The molecule has 0 unspecified atom stereocenters. The molecule has 0 saturated carbocycles. The fourth-order valence-corrected chi connectivity index (χ4v) is 2.74. The van der Waals surface area contributed by atoms with Crippen molar-refractivity contribution in [2.45, 2.75) is 20.3 Å². The van der Waals surface area contributed by atoms with Gasteiger partial charge in [-0.25, -0.2) is 9.59 Å². The molecule has 6 nitrogen and oxygen atoms in total. The second-order valence-electron chi connectivity index (χ2n) is 5.93. The molecule has 2 aromatic carbocycles. The fourth-order valence-electron chi connectivity index (χ4n) is 2.74. The van der Waals surface area contributed by atoms with Crippen LogP contribution in [-0.4, -0.2) is 12.6 Å². The van der Waals surface area contributed by atoms with Crippen molar-refractivity contribution in [3.05, 3.63) is 69.6 Å². The van der Waals surface area contributed by atoms with Crippen molar-refractivity contribution < 1.29 is 18.7 Å². The van der Waals surface area contributed by atoms with E-state index in [0.717, 1.165) is 16.5 Å². The van der Waals surface area contributed by atoms with Gasteiger partial charge in [0.1, 0.15) is 23.2 Å². The van der Waals surface area contributed by atoms with Crippen LogP contribution in [0.1, 0.15) is 23.6 Å². The molecule has 0 bridgehead atoms. The number of para-hydroxylation sites is 1. The zero-order chi connectivity index (χ0) is 19.4. The van der Waals surface area contributed by atoms with Crippen molar-refractivity contribution >= 4 is 16.9 Å². The Balaban J connectivity index is 1.82. The van der Waals surface area contributed by atoms with Crippen LogP contribution in [0.25, 0.3) is 11.0 Å². The third-order valence-electron chi connectivity index (χ3n) is 4.09. The molecule has 0 spiro atoms. The van der Waals surface area contributed by atoms with E-state index in [2.05, 4.69) is 0 Å². The summed E-state index contributed by atoms with van der Waals surface area (Å²) in [6.07, 6.45) is 0.634. The molecule has 1 heterocycles. The summed E-state index contributed by atoms with van der Waals surface area (Å²) in [4.78, 5) is 23.8. The quantitative estimate of drug-likeness (QED) is 0.391. The monoisotopic (exact) mass is 363 g/mol. The van der Waals surface area contributed by atoms with Crippen LogP contribution < -0.4 is 15.1 Å². The van der Waals surface area contributed by atoms with Gasteiger partial charge >= 0.3 is 11.6 Å². The average Bonchev–Trinajstić information content (AvgIpc) is 2.66. The van der Waals surface area contributed by atoms with Crippen LogP contribution in [0.2, 0.25) is 0 Å². The summed E-state index contributed by atoms with van der Waals surface area (Å²) in [7, 11) is 0. The van der Waals surface area contributed by atoms with Crippen molar-refractivity contribution in [2.75, 3.05) is 6.61 Å². The first-order valence-corrected chi connectivity index (χ1v) is 8.41. The maximum atomic E-state index is 12.2. The number of hydrogen-bond donors (Lipinski definition) is 0. The second kappa shape index (κ2) is 7.75. The van der Waals surface area contributed by atoms with Crippen LogP contribution in [0.15, 0.2) is 51.7 Å². The minimum atomic E-state index is -0.619. The van der Waals surface area contributed by atoms with E-state index < -0.39 is 11.6 Å². The minimum absolute atomic E-state index is 0.313. The second-order valence-corrected chi connectivity index (χ2v) is 5.93. The number of carbonyl (C=O) groups is 1. The van der Waals surface area contributed by atoms with Crippen LogP contribution in [0, 0.1) is 18.3 Å². The van der Waals surface area contributed by atoms with Gasteiger partial charge in [0.15, 0.2) is 6.61 Å². The lowest BCUT2D eigenvalue weighted by molar-refractivity contribution is -0.136. The van der Waals surface area contributed by atoms with Crippen LogP contribution in [0.4, 0.5) is 0 Å². The molecule has 0 amide bonds. The number of benzene rings is 2. The molecular weight excluding hydrogens is 346 g/mol. The lowest BCUT2D eigenvalue weighted by Gasteiger charge is -2.12. The predicted octanol–water partition coefficient (Wildman–Crippen LogP) is 3.52. The molecule has 6 heteroatoms. The molecule has 3 rings (SSSR count). The summed E-state index contributed by atoms with van der Waals surface area (Å²) in [6, 6.07) is 13.4. The van der Waals surface area contributed by atoms with Gasteiger partial charge in [0, 0.05) is 17.5 Å². The third-order valence-corrected chi connectivity index (χ3v) is 4.09. The van der Waals surface area contributed by atoms with Crippen molar-refractivity contribution in [3.8, 4) is 17.6 Å². The molecule has 3 aromatic rings. The first-order chi connectivity index (χ1) is 13.0. The van der Waals surface area contributed by atoms with Crippen LogP contribution in [0.5, 0.6) is 11.5 Å². The molecule has 0 aliphatic rings. The van der Waals surface area contributed by atoms with Gasteiger partial charge in [-0.2, -0.15) is 5.26 Å². The maximum Gasteiger partial charge on any atom is 0.349 e. The highest BCUT2D eigenvalue weighted by molar-refractivity contribution is 5.84. The molecule has 0 saturated heterocycles. The van der Waals surface area contributed by atoms with Gasteiger partial charge in [0.25, 0.3) is 0 Å². The molecule has 0 fully saturated rings. The van der Waals surface area contributed by atoms with Gasteiger partial charge in [0.2, 0.25) is 0 Å². The van der Waals surface area contributed by atoms with E-state index in [-0.39, 0.29) is 6.61 Å². The average molecular weight is 363 g/mol. The Bertz CT molecular complexity index is 1110. The van der Waals surface area contributed by atoms with E-state index in [1.165, 1.54) is 6.07 Å². The van der Waals surface area contributed by atoms with E-state index >= 15 is 0 Å². The lowest BCUT2D eigenvalue weighted by Crippen LogP contribution is -2.18. The summed E-state index contributed by atoms with van der Waals surface area (Å²) < 4.78 is 16.0. The molecule has 0 atom stereocenters. The largest absolute Gasteiger partial charge is 0.481 e. The summed E-state index contributed by atoms with van der Waals surface area (Å²) >= 11 is 0. The van der Waals surface area contributed by atoms with Gasteiger partial charge < -0.3 is 13.9 Å². The Morgan fingerprint density at radius 3 is 2.70 bits per heavy atom. The highest BCUT2D eigenvalue weighted by Crippen LogP contribution is 2.28. The molecule has 0 aliphatic carbocycles. The summed E-state index contributed by atoms with van der Waals surface area (Å²) in [5.74, 6) is 0.0144. The van der Waals surface area contributed by atoms with Crippen molar-refractivity contribution in [2.24, 2.45) is 0 Å². The lowest BCUT2D eigenvalue weighted by atomic mass is 10.1. The molecule has 27 heavy (non-hydrogen) atoms. The SMILES string of the molecule is CCc1cc2c(C)cc(=O)oc2cc1OC(=O)COc1ccccc1C#N. The predicted molar refractivity (Wildman–Crippen MR) is 98.9 cm³/mol. The number of hydrogen-bond acceptors (Lipinski definition) is 6. The zero-order valence-electron chi connectivity index (χ0n) is 14.9. The van der Waals surface area contributed by atoms with E-state index in [1.54, 1.807) is 30.3 Å². The molecular formula is C21H17NO5. The van der Waals surface area contributed by atoms with Crippen LogP contribution >= 0.6 is 0 Å². The van der Waals surface area contributed by atoms with Crippen molar-refractivity contribution in [1.29, 1.82) is 5.26 Å². The summed E-state index contributed by atoms with van der Waals surface area (Å²) in [5.41, 5.74) is 1.84. The standard InChI is InChI=1S/C21H17NO5/c1-3-14-9-16-13(2)8-20(23)27-19(16)10-18(14)26-21(24)12-25-17-7-5-4-6-15(17)11-22/h4-10H,3,12H2,1-2H3. The highest BCUT2D eigenvalue weighted by Gasteiger charge is 2.14. The highest BCUT2D eigenvalue weighted by atomic mass is 16.6. The Morgan fingerprint density at radius 1 is 1.19 bits per heavy atom. The number of ether oxygens (including phenoxy) is 2. The number of nitrogens with zero attached hydrogens (tertiary/aromatic N) is 1. The number of nitriles is 1. The Kier molecular flexibility index (Phi) is 5.23. The van der Waals surface area contributed by atoms with Gasteiger partial charge in [-0.05, 0) is 42.7 Å². The van der Waals surface area contributed by atoms with Crippen molar-refractivity contribution in [1.82, 2.24) is 0 Å². The third kappa shape index (κ3) is 3.98.